The molecule has 0 bridgehead atoms. The molecule has 1 fully saturated rings. The van der Waals surface area contributed by atoms with E-state index in [-0.39, 0.29) is 6.54 Å². The number of carboxylic acid groups (broad SMARTS) is 1. The van der Waals surface area contributed by atoms with Crippen molar-refractivity contribution in [2.24, 2.45) is 0 Å². The van der Waals surface area contributed by atoms with Gasteiger partial charge in [0, 0.05) is 24.3 Å². The number of anilines is 1. The van der Waals surface area contributed by atoms with E-state index < -0.39 is 17.5 Å². The average Bonchev–Trinajstić information content (AvgIpc) is 2.82. The summed E-state index contributed by atoms with van der Waals surface area (Å²) in [6.45, 7) is 2.88. The maximum atomic E-state index is 12.0. The van der Waals surface area contributed by atoms with Crippen molar-refractivity contribution in [1.82, 2.24) is 5.32 Å². The first-order chi connectivity index (χ1) is 10.9. The van der Waals surface area contributed by atoms with E-state index >= 15 is 0 Å². The summed E-state index contributed by atoms with van der Waals surface area (Å²) < 4.78 is 0. The molecule has 1 aromatic carbocycles. The lowest BCUT2D eigenvalue weighted by molar-refractivity contribution is -0.155. The lowest BCUT2D eigenvalue weighted by atomic mass is 10.1. The lowest BCUT2D eigenvalue weighted by Gasteiger charge is -2.23. The van der Waals surface area contributed by atoms with Crippen LogP contribution in [0.1, 0.15) is 43.0 Å². The van der Waals surface area contributed by atoms with E-state index in [1.807, 2.05) is 12.1 Å². The van der Waals surface area contributed by atoms with Crippen molar-refractivity contribution >= 4 is 17.6 Å². The molecule has 1 aromatic rings. The Kier molecular flexibility index (Phi) is 5.60. The zero-order valence-electron chi connectivity index (χ0n) is 13.4. The summed E-state index contributed by atoms with van der Waals surface area (Å²) in [6, 6.07) is 7.28. The van der Waals surface area contributed by atoms with E-state index in [9.17, 15) is 14.7 Å². The van der Waals surface area contributed by atoms with Gasteiger partial charge in [-0.2, -0.15) is 0 Å². The highest BCUT2D eigenvalue weighted by atomic mass is 16.4. The first kappa shape index (κ1) is 17.3. The molecule has 1 aliphatic rings. The maximum absolute atomic E-state index is 12.0. The summed E-state index contributed by atoms with van der Waals surface area (Å²) in [5.41, 5.74) is -0.424. The number of nitrogens with zero attached hydrogens (tertiary/aromatic N) is 1. The second-order valence-electron chi connectivity index (χ2n) is 6.21. The summed E-state index contributed by atoms with van der Waals surface area (Å²) in [7, 11) is 0. The number of carboxylic acids is 1. The SMILES string of the molecule is CC(O)(CNC(=O)c1ccc(N2CCCCCC2)cc1)C(=O)O. The molecule has 0 aliphatic carbocycles. The third-order valence-electron chi connectivity index (χ3n) is 4.15. The number of benzene rings is 1. The van der Waals surface area contributed by atoms with Gasteiger partial charge in [0.05, 0.1) is 6.54 Å². The molecule has 6 nitrogen and oxygen atoms in total. The number of aliphatic carboxylic acids is 1. The van der Waals surface area contributed by atoms with Crippen molar-refractivity contribution in [3.8, 4) is 0 Å². The van der Waals surface area contributed by atoms with E-state index in [2.05, 4.69) is 10.2 Å². The predicted molar refractivity (Wildman–Crippen MR) is 87.7 cm³/mol. The van der Waals surface area contributed by atoms with Crippen molar-refractivity contribution in [3.05, 3.63) is 29.8 Å². The van der Waals surface area contributed by atoms with Gasteiger partial charge in [-0.1, -0.05) is 12.8 Å². The predicted octanol–water partition coefficient (Wildman–Crippen LogP) is 1.63. The van der Waals surface area contributed by atoms with Crippen LogP contribution < -0.4 is 10.2 Å². The zero-order chi connectivity index (χ0) is 16.9. The number of hydrogen-bond donors (Lipinski definition) is 3. The Morgan fingerprint density at radius 2 is 1.70 bits per heavy atom. The summed E-state index contributed by atoms with van der Waals surface area (Å²) in [6.07, 6.45) is 4.90. The van der Waals surface area contributed by atoms with Crippen molar-refractivity contribution in [2.45, 2.75) is 38.2 Å². The van der Waals surface area contributed by atoms with Crippen molar-refractivity contribution in [3.63, 3.8) is 0 Å². The molecule has 1 heterocycles. The summed E-state index contributed by atoms with van der Waals surface area (Å²) in [4.78, 5) is 25.2. The Labute approximate surface area is 136 Å². The molecule has 0 aromatic heterocycles. The number of hydrogen-bond acceptors (Lipinski definition) is 4. The highest BCUT2D eigenvalue weighted by Crippen LogP contribution is 2.20. The highest BCUT2D eigenvalue weighted by Gasteiger charge is 2.30. The van der Waals surface area contributed by atoms with Gasteiger partial charge in [-0.3, -0.25) is 4.79 Å². The number of carbonyl (C=O) groups excluding carboxylic acids is 1. The minimum absolute atomic E-state index is 0.338. The first-order valence-corrected chi connectivity index (χ1v) is 7.99. The van der Waals surface area contributed by atoms with Gasteiger partial charge in [0.25, 0.3) is 5.91 Å². The Hall–Kier alpha value is -2.08. The summed E-state index contributed by atoms with van der Waals surface area (Å²) in [5.74, 6) is -1.76. The van der Waals surface area contributed by atoms with Crippen LogP contribution in [0.2, 0.25) is 0 Å². The van der Waals surface area contributed by atoms with Gasteiger partial charge in [0.1, 0.15) is 0 Å². The number of nitrogens with one attached hydrogen (secondary N) is 1. The van der Waals surface area contributed by atoms with Crippen LogP contribution in [0.5, 0.6) is 0 Å². The molecule has 1 saturated heterocycles. The number of amides is 1. The second-order valence-corrected chi connectivity index (χ2v) is 6.21. The van der Waals surface area contributed by atoms with Gasteiger partial charge in [0.15, 0.2) is 5.60 Å². The lowest BCUT2D eigenvalue weighted by Crippen LogP contribution is -2.46. The molecule has 6 heteroatoms. The van der Waals surface area contributed by atoms with E-state index in [1.54, 1.807) is 12.1 Å². The van der Waals surface area contributed by atoms with Crippen LogP contribution in [-0.4, -0.2) is 47.3 Å². The number of aliphatic hydroxyl groups is 1. The van der Waals surface area contributed by atoms with Crippen LogP contribution in [0.3, 0.4) is 0 Å². The molecule has 1 aliphatic heterocycles. The molecule has 1 atom stereocenters. The molecule has 1 amide bonds. The van der Waals surface area contributed by atoms with Gasteiger partial charge in [-0.05, 0) is 44.0 Å². The van der Waals surface area contributed by atoms with Crippen LogP contribution in [-0.2, 0) is 4.79 Å². The Morgan fingerprint density at radius 3 is 2.22 bits per heavy atom. The van der Waals surface area contributed by atoms with E-state index in [0.29, 0.717) is 5.56 Å². The number of carbonyl (C=O) groups is 2. The molecule has 3 N–H and O–H groups in total. The summed E-state index contributed by atoms with van der Waals surface area (Å²) >= 11 is 0. The van der Waals surface area contributed by atoms with E-state index in [1.165, 1.54) is 25.7 Å². The van der Waals surface area contributed by atoms with Gasteiger partial charge < -0.3 is 20.4 Å². The van der Waals surface area contributed by atoms with Crippen LogP contribution in [0.25, 0.3) is 0 Å². The number of rotatable bonds is 5. The highest BCUT2D eigenvalue weighted by molar-refractivity contribution is 5.95. The molecule has 0 saturated carbocycles. The van der Waals surface area contributed by atoms with Crippen LogP contribution >= 0.6 is 0 Å². The van der Waals surface area contributed by atoms with Crippen molar-refractivity contribution < 1.29 is 19.8 Å². The smallest absolute Gasteiger partial charge is 0.337 e. The topological polar surface area (TPSA) is 89.9 Å². The fourth-order valence-electron chi connectivity index (χ4n) is 2.58. The first-order valence-electron chi connectivity index (χ1n) is 7.99. The largest absolute Gasteiger partial charge is 0.479 e. The quantitative estimate of drug-likeness (QED) is 0.767. The fraction of sp³-hybridized carbons (Fsp3) is 0.529. The zero-order valence-corrected chi connectivity index (χ0v) is 13.4. The molecule has 0 radical (unpaired) electrons. The molecular formula is C17H24N2O4. The maximum Gasteiger partial charge on any atom is 0.337 e. The normalized spacial score (nSPS) is 17.9. The monoisotopic (exact) mass is 320 g/mol. The van der Waals surface area contributed by atoms with E-state index in [4.69, 9.17) is 5.11 Å². The standard InChI is InChI=1S/C17H24N2O4/c1-17(23,16(21)22)12-18-15(20)13-6-8-14(9-7-13)19-10-4-2-3-5-11-19/h6-9,23H,2-5,10-12H2,1H3,(H,18,20)(H,21,22). The minimum atomic E-state index is -1.97. The minimum Gasteiger partial charge on any atom is -0.479 e. The Bertz CT molecular complexity index is 546. The second kappa shape index (κ2) is 7.46. The van der Waals surface area contributed by atoms with Crippen LogP contribution in [0.4, 0.5) is 5.69 Å². The van der Waals surface area contributed by atoms with E-state index in [0.717, 1.165) is 25.7 Å². The van der Waals surface area contributed by atoms with Crippen molar-refractivity contribution in [1.29, 1.82) is 0 Å². The van der Waals surface area contributed by atoms with Gasteiger partial charge >= 0.3 is 5.97 Å². The third-order valence-corrected chi connectivity index (χ3v) is 4.15. The summed E-state index contributed by atoms with van der Waals surface area (Å²) in [5, 5.41) is 20.9. The molecule has 23 heavy (non-hydrogen) atoms. The van der Waals surface area contributed by atoms with Gasteiger partial charge in [-0.25, -0.2) is 4.79 Å². The molecular weight excluding hydrogens is 296 g/mol. The van der Waals surface area contributed by atoms with Gasteiger partial charge in [-0.15, -0.1) is 0 Å². The van der Waals surface area contributed by atoms with Gasteiger partial charge in [0.2, 0.25) is 0 Å². The average molecular weight is 320 g/mol. The molecule has 2 rings (SSSR count). The Balaban J connectivity index is 1.96. The van der Waals surface area contributed by atoms with Crippen LogP contribution in [0.15, 0.2) is 24.3 Å². The molecule has 1 unspecified atom stereocenters. The third kappa shape index (κ3) is 4.69. The van der Waals surface area contributed by atoms with Crippen molar-refractivity contribution in [2.75, 3.05) is 24.5 Å². The fourth-order valence-corrected chi connectivity index (χ4v) is 2.58. The Morgan fingerprint density at radius 1 is 1.13 bits per heavy atom. The molecule has 0 spiro atoms. The molecule has 126 valence electrons. The van der Waals surface area contributed by atoms with Crippen LogP contribution in [0, 0.1) is 0 Å².